The molecule has 92 valence electrons. The lowest BCUT2D eigenvalue weighted by molar-refractivity contribution is 0.0404. The van der Waals surface area contributed by atoms with E-state index in [1.807, 2.05) is 4.90 Å². The highest BCUT2D eigenvalue weighted by Crippen LogP contribution is 2.09. The summed E-state index contributed by atoms with van der Waals surface area (Å²) in [5, 5.41) is 3.25. The lowest BCUT2D eigenvalue weighted by Gasteiger charge is -2.33. The average Bonchev–Trinajstić information content (AvgIpc) is 2.31. The summed E-state index contributed by atoms with van der Waals surface area (Å²) < 4.78 is 5.47. The van der Waals surface area contributed by atoms with Crippen LogP contribution in [0.1, 0.15) is 12.8 Å². The molecular formula is C11H21N3O2. The summed E-state index contributed by atoms with van der Waals surface area (Å²) in [6.45, 7) is 5.31. The largest absolute Gasteiger partial charge is 0.445 e. The predicted molar refractivity (Wildman–Crippen MR) is 61.4 cm³/mol. The zero-order valence-corrected chi connectivity index (χ0v) is 9.95. The number of nitrogens with zero attached hydrogens (tertiary/aromatic N) is 2. The molecule has 0 radical (unpaired) electrons. The van der Waals surface area contributed by atoms with Gasteiger partial charge in [-0.2, -0.15) is 0 Å². The van der Waals surface area contributed by atoms with Gasteiger partial charge in [0.25, 0.3) is 0 Å². The normalized spacial score (nSPS) is 27.8. The third-order valence-corrected chi connectivity index (χ3v) is 3.28. The maximum Gasteiger partial charge on any atom is 0.410 e. The zero-order chi connectivity index (χ0) is 11.4. The van der Waals surface area contributed by atoms with E-state index in [1.54, 1.807) is 0 Å². The molecule has 0 aromatic carbocycles. The van der Waals surface area contributed by atoms with Crippen LogP contribution in [0.2, 0.25) is 0 Å². The number of hydrogen-bond donors (Lipinski definition) is 1. The van der Waals surface area contributed by atoms with Crippen LogP contribution in [0.4, 0.5) is 4.79 Å². The molecule has 2 aliphatic rings. The number of carbonyl (C=O) groups excluding carboxylic acids is 1. The van der Waals surface area contributed by atoms with Crippen LogP contribution in [-0.4, -0.2) is 68.3 Å². The summed E-state index contributed by atoms with van der Waals surface area (Å²) in [6, 6.07) is 0. The number of nitrogens with one attached hydrogen (secondary N) is 1. The van der Waals surface area contributed by atoms with Crippen LogP contribution >= 0.6 is 0 Å². The van der Waals surface area contributed by atoms with E-state index < -0.39 is 0 Å². The van der Waals surface area contributed by atoms with E-state index in [4.69, 9.17) is 4.74 Å². The monoisotopic (exact) mass is 227 g/mol. The molecule has 0 aromatic heterocycles. The van der Waals surface area contributed by atoms with Crippen LogP contribution in [0.15, 0.2) is 0 Å². The van der Waals surface area contributed by atoms with E-state index in [-0.39, 0.29) is 12.2 Å². The Morgan fingerprint density at radius 1 is 1.31 bits per heavy atom. The minimum Gasteiger partial charge on any atom is -0.445 e. The first kappa shape index (κ1) is 11.7. The Kier molecular flexibility index (Phi) is 4.01. The Morgan fingerprint density at radius 3 is 2.69 bits per heavy atom. The van der Waals surface area contributed by atoms with E-state index in [2.05, 4.69) is 17.3 Å². The lowest BCUT2D eigenvalue weighted by Crippen LogP contribution is -2.49. The number of piperidine rings is 1. The minimum atomic E-state index is -0.137. The van der Waals surface area contributed by atoms with Gasteiger partial charge in [-0.1, -0.05) is 0 Å². The maximum atomic E-state index is 11.8. The summed E-state index contributed by atoms with van der Waals surface area (Å²) in [5.74, 6) is 0. The molecule has 2 saturated heterocycles. The number of rotatable bonds is 1. The maximum absolute atomic E-state index is 11.8. The number of carbonyl (C=O) groups is 1. The standard InChI is InChI=1S/C11H21N3O2/c1-13-5-7-14(8-6-13)11(15)16-10-3-2-4-12-9-10/h10,12H,2-9H2,1H3. The molecular weight excluding hydrogens is 206 g/mol. The second-order valence-electron chi connectivity index (χ2n) is 4.64. The topological polar surface area (TPSA) is 44.8 Å². The molecule has 1 N–H and O–H groups in total. The lowest BCUT2D eigenvalue weighted by atomic mass is 10.1. The first-order valence-corrected chi connectivity index (χ1v) is 6.10. The molecule has 2 fully saturated rings. The SMILES string of the molecule is CN1CCN(C(=O)OC2CCCNC2)CC1. The highest BCUT2D eigenvalue weighted by Gasteiger charge is 2.24. The second kappa shape index (κ2) is 5.50. The molecule has 2 heterocycles. The second-order valence-corrected chi connectivity index (χ2v) is 4.64. The first-order chi connectivity index (χ1) is 7.75. The van der Waals surface area contributed by atoms with Gasteiger partial charge < -0.3 is 19.9 Å². The van der Waals surface area contributed by atoms with Crippen molar-refractivity contribution in [2.75, 3.05) is 46.3 Å². The van der Waals surface area contributed by atoms with Crippen LogP contribution in [0.3, 0.4) is 0 Å². The van der Waals surface area contributed by atoms with Gasteiger partial charge in [-0.15, -0.1) is 0 Å². The number of amides is 1. The fraction of sp³-hybridized carbons (Fsp3) is 0.909. The Balaban J connectivity index is 1.74. The van der Waals surface area contributed by atoms with Crippen molar-refractivity contribution in [3.05, 3.63) is 0 Å². The fourth-order valence-corrected chi connectivity index (χ4v) is 2.13. The van der Waals surface area contributed by atoms with Gasteiger partial charge in [-0.05, 0) is 26.4 Å². The molecule has 0 aromatic rings. The Hall–Kier alpha value is -0.810. The molecule has 16 heavy (non-hydrogen) atoms. The number of ether oxygens (including phenoxy) is 1. The smallest absolute Gasteiger partial charge is 0.410 e. The molecule has 5 heteroatoms. The van der Waals surface area contributed by atoms with Gasteiger partial charge in [0.15, 0.2) is 0 Å². The van der Waals surface area contributed by atoms with Crippen molar-refractivity contribution in [3.63, 3.8) is 0 Å². The van der Waals surface area contributed by atoms with E-state index >= 15 is 0 Å². The van der Waals surface area contributed by atoms with E-state index in [1.165, 1.54) is 0 Å². The third kappa shape index (κ3) is 3.09. The van der Waals surface area contributed by atoms with Gasteiger partial charge in [-0.25, -0.2) is 4.79 Å². The molecule has 1 unspecified atom stereocenters. The molecule has 0 bridgehead atoms. The van der Waals surface area contributed by atoms with Crippen molar-refractivity contribution in [2.24, 2.45) is 0 Å². The zero-order valence-electron chi connectivity index (χ0n) is 9.95. The van der Waals surface area contributed by atoms with Gasteiger partial charge in [0.1, 0.15) is 6.10 Å². The highest BCUT2D eigenvalue weighted by atomic mass is 16.6. The van der Waals surface area contributed by atoms with Crippen molar-refractivity contribution in [3.8, 4) is 0 Å². The fourth-order valence-electron chi connectivity index (χ4n) is 2.13. The van der Waals surface area contributed by atoms with Gasteiger partial charge in [-0.3, -0.25) is 0 Å². The number of likely N-dealkylation sites (N-methyl/N-ethyl adjacent to an activating group) is 1. The summed E-state index contributed by atoms with van der Waals surface area (Å²) in [4.78, 5) is 15.9. The van der Waals surface area contributed by atoms with Crippen molar-refractivity contribution >= 4 is 6.09 Å². The van der Waals surface area contributed by atoms with Crippen LogP contribution in [0, 0.1) is 0 Å². The minimum absolute atomic E-state index is 0.0703. The first-order valence-electron chi connectivity index (χ1n) is 6.10. The average molecular weight is 227 g/mol. The summed E-state index contributed by atoms with van der Waals surface area (Å²) in [5.41, 5.74) is 0. The van der Waals surface area contributed by atoms with Gasteiger partial charge >= 0.3 is 6.09 Å². The van der Waals surface area contributed by atoms with E-state index in [0.717, 1.165) is 52.1 Å². The third-order valence-electron chi connectivity index (χ3n) is 3.28. The molecule has 0 spiro atoms. The summed E-state index contributed by atoms with van der Waals surface area (Å²) in [6.07, 6.45) is 2.02. The Bertz CT molecular complexity index is 233. The quantitative estimate of drug-likeness (QED) is 0.691. The molecule has 0 saturated carbocycles. The Labute approximate surface area is 96.7 Å². The number of piperazine rings is 1. The molecule has 2 aliphatic heterocycles. The van der Waals surface area contributed by atoms with Crippen molar-refractivity contribution in [1.29, 1.82) is 0 Å². The van der Waals surface area contributed by atoms with E-state index in [0.29, 0.717) is 0 Å². The van der Waals surface area contributed by atoms with Gasteiger partial charge in [0.2, 0.25) is 0 Å². The summed E-state index contributed by atoms with van der Waals surface area (Å²) >= 11 is 0. The molecule has 2 rings (SSSR count). The summed E-state index contributed by atoms with van der Waals surface area (Å²) in [7, 11) is 2.08. The molecule has 1 amide bonds. The van der Waals surface area contributed by atoms with Crippen molar-refractivity contribution in [1.82, 2.24) is 15.1 Å². The van der Waals surface area contributed by atoms with E-state index in [9.17, 15) is 4.79 Å². The van der Waals surface area contributed by atoms with Gasteiger partial charge in [0, 0.05) is 32.7 Å². The highest BCUT2D eigenvalue weighted by molar-refractivity contribution is 5.68. The Morgan fingerprint density at radius 2 is 2.06 bits per heavy atom. The molecule has 5 nitrogen and oxygen atoms in total. The van der Waals surface area contributed by atoms with Crippen molar-refractivity contribution in [2.45, 2.75) is 18.9 Å². The van der Waals surface area contributed by atoms with Crippen LogP contribution in [-0.2, 0) is 4.74 Å². The number of hydrogen-bond acceptors (Lipinski definition) is 4. The van der Waals surface area contributed by atoms with Gasteiger partial charge in [0.05, 0.1) is 0 Å². The molecule has 1 atom stereocenters. The van der Waals surface area contributed by atoms with Crippen LogP contribution in [0.5, 0.6) is 0 Å². The molecule has 0 aliphatic carbocycles. The van der Waals surface area contributed by atoms with Crippen LogP contribution < -0.4 is 5.32 Å². The predicted octanol–water partition coefficient (Wildman–Crippen LogP) is 0.122. The van der Waals surface area contributed by atoms with Crippen LogP contribution in [0.25, 0.3) is 0 Å². The van der Waals surface area contributed by atoms with Crippen molar-refractivity contribution < 1.29 is 9.53 Å².